The van der Waals surface area contributed by atoms with Crippen LogP contribution < -0.4 is 14.2 Å². The summed E-state index contributed by atoms with van der Waals surface area (Å²) in [6.45, 7) is 3.38. The molecular weight excluding hydrogens is 311 g/mol. The van der Waals surface area contributed by atoms with Crippen molar-refractivity contribution < 1.29 is 23.7 Å². The van der Waals surface area contributed by atoms with E-state index in [0.717, 1.165) is 0 Å². The number of benzene rings is 2. The number of hydrogen-bond acceptors (Lipinski definition) is 4. The topological polar surface area (TPSA) is 47.9 Å². The minimum absolute atomic E-state index is 0.391. The molecule has 24 heavy (non-hydrogen) atoms. The van der Waals surface area contributed by atoms with Gasteiger partial charge in [0.2, 0.25) is 5.75 Å². The maximum Gasteiger partial charge on any atom is 0.203 e. The van der Waals surface area contributed by atoms with Crippen LogP contribution in [0.1, 0.15) is 23.1 Å². The summed E-state index contributed by atoms with van der Waals surface area (Å²) in [5.41, 5.74) is 1.07. The molecule has 0 aliphatic rings. The molecule has 0 saturated carbocycles. The number of aliphatic hydroxyl groups excluding tert-OH is 1. The van der Waals surface area contributed by atoms with E-state index in [0.29, 0.717) is 28.4 Å². The van der Waals surface area contributed by atoms with Crippen LogP contribution in [0, 0.1) is 0 Å². The van der Waals surface area contributed by atoms with E-state index >= 15 is 0 Å². The smallest absolute Gasteiger partial charge is 0.203 e. The molecule has 0 heterocycles. The molecule has 1 N–H and O–H groups in total. The lowest BCUT2D eigenvalue weighted by molar-refractivity contribution is 0.147. The monoisotopic (exact) mass is 332 g/mol. The molecule has 0 radical (unpaired) electrons. The molecule has 4 nitrogen and oxygen atoms in total. The number of rotatable bonds is 7. The van der Waals surface area contributed by atoms with Crippen LogP contribution in [0.25, 0.3) is 0 Å². The molecule has 0 saturated heterocycles. The van der Waals surface area contributed by atoms with Crippen LogP contribution >= 0.6 is 0 Å². The second-order valence-electron chi connectivity index (χ2n) is 5.24. The van der Waals surface area contributed by atoms with Gasteiger partial charge in [-0.1, -0.05) is 36.9 Å². The van der Waals surface area contributed by atoms with E-state index in [9.17, 15) is 9.50 Å². The fourth-order valence-corrected chi connectivity index (χ4v) is 2.66. The molecule has 0 amide bonds. The van der Waals surface area contributed by atoms with Crippen LogP contribution in [-0.2, 0) is 0 Å². The van der Waals surface area contributed by atoms with E-state index in [1.807, 2.05) is 6.07 Å². The van der Waals surface area contributed by atoms with Crippen LogP contribution in [0.2, 0.25) is 0 Å². The molecule has 2 aromatic carbocycles. The highest BCUT2D eigenvalue weighted by Gasteiger charge is 2.28. The third-order valence-electron chi connectivity index (χ3n) is 3.84. The Morgan fingerprint density at radius 2 is 1.50 bits per heavy atom. The summed E-state index contributed by atoms with van der Waals surface area (Å²) in [6.07, 6.45) is -1.15. The number of hydrogen-bond donors (Lipinski definition) is 1. The Morgan fingerprint density at radius 1 is 0.958 bits per heavy atom. The van der Waals surface area contributed by atoms with Gasteiger partial charge in [0.25, 0.3) is 0 Å². The first kappa shape index (κ1) is 17.8. The molecule has 2 aromatic rings. The molecule has 0 aromatic heterocycles. The summed E-state index contributed by atoms with van der Waals surface area (Å²) >= 11 is 0. The molecule has 0 spiro atoms. The van der Waals surface area contributed by atoms with Crippen molar-refractivity contribution in [1.29, 1.82) is 0 Å². The predicted octanol–water partition coefficient (Wildman–Crippen LogP) is 4.01. The molecule has 2 rings (SSSR count). The number of halogens is 1. The van der Waals surface area contributed by atoms with Crippen LogP contribution in [0.15, 0.2) is 54.9 Å². The lowest BCUT2D eigenvalue weighted by atomic mass is 9.88. The molecule has 5 heteroatoms. The fraction of sp³-hybridized carbons (Fsp3) is 0.263. The van der Waals surface area contributed by atoms with Gasteiger partial charge in [-0.3, -0.25) is 0 Å². The minimum Gasteiger partial charge on any atom is -0.493 e. The lowest BCUT2D eigenvalue weighted by Crippen LogP contribution is -2.12. The quantitative estimate of drug-likeness (QED) is 0.832. The maximum atomic E-state index is 14.1. The summed E-state index contributed by atoms with van der Waals surface area (Å²) < 4.78 is 29.9. The third kappa shape index (κ3) is 3.51. The Hall–Kier alpha value is -2.53. The molecule has 128 valence electrons. The van der Waals surface area contributed by atoms with Crippen molar-refractivity contribution in [3.8, 4) is 17.2 Å². The number of methoxy groups -OCH3 is 3. The van der Waals surface area contributed by atoms with Crippen LogP contribution in [0.4, 0.5) is 4.39 Å². The second kappa shape index (κ2) is 7.84. The van der Waals surface area contributed by atoms with Crippen LogP contribution in [-0.4, -0.2) is 26.4 Å². The summed E-state index contributed by atoms with van der Waals surface area (Å²) in [4.78, 5) is 0. The number of aliphatic hydroxyl groups is 1. The second-order valence-corrected chi connectivity index (χ2v) is 5.24. The normalized spacial score (nSPS) is 13.0. The Balaban J connectivity index is 2.50. The molecule has 2 atom stereocenters. The zero-order valence-electron chi connectivity index (χ0n) is 14.0. The van der Waals surface area contributed by atoms with Gasteiger partial charge in [-0.05, 0) is 23.3 Å². The highest BCUT2D eigenvalue weighted by atomic mass is 19.1. The highest BCUT2D eigenvalue weighted by molar-refractivity contribution is 5.54. The van der Waals surface area contributed by atoms with Crippen LogP contribution in [0.5, 0.6) is 17.2 Å². The molecular formula is C19H21FO4. The first-order valence-electron chi connectivity index (χ1n) is 7.40. The van der Waals surface area contributed by atoms with Crippen molar-refractivity contribution in [3.05, 3.63) is 66.0 Å². The third-order valence-corrected chi connectivity index (χ3v) is 3.84. The summed E-state index contributed by atoms with van der Waals surface area (Å²) in [6, 6.07) is 12.1. The van der Waals surface area contributed by atoms with E-state index in [-0.39, 0.29) is 0 Å². The summed E-state index contributed by atoms with van der Waals surface area (Å²) in [5, 5.41) is 10.8. The van der Waals surface area contributed by atoms with E-state index in [2.05, 4.69) is 6.58 Å². The first-order chi connectivity index (χ1) is 11.5. The predicted molar refractivity (Wildman–Crippen MR) is 90.5 cm³/mol. The Morgan fingerprint density at radius 3 is 1.92 bits per heavy atom. The molecule has 0 fully saturated rings. The van der Waals surface area contributed by atoms with E-state index < -0.39 is 17.8 Å². The van der Waals surface area contributed by atoms with Gasteiger partial charge in [0.1, 0.15) is 5.83 Å². The van der Waals surface area contributed by atoms with Gasteiger partial charge in [0, 0.05) is 0 Å². The first-order valence-corrected chi connectivity index (χ1v) is 7.40. The van der Waals surface area contributed by atoms with Gasteiger partial charge in [-0.15, -0.1) is 0 Å². The molecule has 0 unspecified atom stereocenters. The van der Waals surface area contributed by atoms with Crippen molar-refractivity contribution in [2.75, 3.05) is 21.3 Å². The summed E-state index contributed by atoms with van der Waals surface area (Å²) in [5.74, 6) is -0.327. The molecule has 0 aliphatic carbocycles. The molecule has 0 bridgehead atoms. The molecule has 0 aliphatic heterocycles. The minimum atomic E-state index is -1.15. The summed E-state index contributed by atoms with van der Waals surface area (Å²) in [7, 11) is 4.46. The van der Waals surface area contributed by atoms with Gasteiger partial charge in [-0.2, -0.15) is 0 Å². The van der Waals surface area contributed by atoms with E-state index in [4.69, 9.17) is 14.2 Å². The fourth-order valence-electron chi connectivity index (χ4n) is 2.66. The Bertz CT molecular complexity index is 675. The highest BCUT2D eigenvalue weighted by Crippen LogP contribution is 2.43. The van der Waals surface area contributed by atoms with E-state index in [1.54, 1.807) is 36.4 Å². The zero-order chi connectivity index (χ0) is 17.7. The van der Waals surface area contributed by atoms with Crippen molar-refractivity contribution in [3.63, 3.8) is 0 Å². The van der Waals surface area contributed by atoms with Gasteiger partial charge < -0.3 is 19.3 Å². The largest absolute Gasteiger partial charge is 0.493 e. The Kier molecular flexibility index (Phi) is 5.82. The zero-order valence-corrected chi connectivity index (χ0v) is 14.0. The van der Waals surface area contributed by atoms with Crippen LogP contribution in [0.3, 0.4) is 0 Å². The average Bonchev–Trinajstić information content (AvgIpc) is 2.60. The SMILES string of the molecule is C=C(F)[C@H](c1ccccc1)[C@H](O)c1cc(OC)c(OC)c(OC)c1. The number of ether oxygens (including phenoxy) is 3. The van der Waals surface area contributed by atoms with Crippen molar-refractivity contribution in [2.24, 2.45) is 0 Å². The average molecular weight is 332 g/mol. The van der Waals surface area contributed by atoms with Crippen molar-refractivity contribution in [2.45, 2.75) is 12.0 Å². The Labute approximate surface area is 141 Å². The standard InChI is InChI=1S/C19H21FO4/c1-12(20)17(13-8-6-5-7-9-13)18(21)14-10-15(22-2)19(24-4)16(11-14)23-3/h5-11,17-18,21H,1H2,2-4H3/t17-,18-/m1/s1. The van der Waals surface area contributed by atoms with Gasteiger partial charge in [-0.25, -0.2) is 4.39 Å². The van der Waals surface area contributed by atoms with Crippen molar-refractivity contribution in [1.82, 2.24) is 0 Å². The van der Waals surface area contributed by atoms with Gasteiger partial charge >= 0.3 is 0 Å². The van der Waals surface area contributed by atoms with Gasteiger partial charge in [0.15, 0.2) is 11.5 Å². The maximum absolute atomic E-state index is 14.1. The van der Waals surface area contributed by atoms with Crippen molar-refractivity contribution >= 4 is 0 Å². The van der Waals surface area contributed by atoms with E-state index in [1.165, 1.54) is 21.3 Å². The lowest BCUT2D eigenvalue weighted by Gasteiger charge is -2.23. The van der Waals surface area contributed by atoms with Gasteiger partial charge in [0.05, 0.1) is 33.4 Å².